The van der Waals surface area contributed by atoms with E-state index in [2.05, 4.69) is 15.3 Å². The lowest BCUT2D eigenvalue weighted by Gasteiger charge is -2.15. The summed E-state index contributed by atoms with van der Waals surface area (Å²) in [5.41, 5.74) is 0.815. The van der Waals surface area contributed by atoms with Gasteiger partial charge in [0.05, 0.1) is 29.2 Å². The van der Waals surface area contributed by atoms with Gasteiger partial charge < -0.3 is 9.88 Å². The van der Waals surface area contributed by atoms with Crippen LogP contribution in [0.15, 0.2) is 79.5 Å². The van der Waals surface area contributed by atoms with Crippen molar-refractivity contribution in [3.05, 3.63) is 96.5 Å². The molecule has 5 rings (SSSR count). The number of pyridine rings is 1. The largest absolute Gasteiger partial charge is 0.417 e. The van der Waals surface area contributed by atoms with Gasteiger partial charge in [-0.05, 0) is 48.0 Å². The Labute approximate surface area is 196 Å². The maximum Gasteiger partial charge on any atom is 0.417 e. The van der Waals surface area contributed by atoms with Crippen molar-refractivity contribution in [2.24, 2.45) is 7.05 Å². The van der Waals surface area contributed by atoms with Gasteiger partial charge in [0.25, 0.3) is 5.91 Å². The molecule has 1 amide bonds. The maximum atomic E-state index is 13.7. The van der Waals surface area contributed by atoms with E-state index in [-0.39, 0.29) is 5.69 Å². The summed E-state index contributed by atoms with van der Waals surface area (Å²) >= 11 is 0. The van der Waals surface area contributed by atoms with E-state index in [1.54, 1.807) is 46.0 Å². The number of carbonyl (C=O) groups is 1. The van der Waals surface area contributed by atoms with Crippen molar-refractivity contribution in [2.45, 2.75) is 6.18 Å². The summed E-state index contributed by atoms with van der Waals surface area (Å²) in [4.78, 5) is 21.6. The Hall–Kier alpha value is -4.47. The summed E-state index contributed by atoms with van der Waals surface area (Å²) in [6, 6.07) is 11.6. The number of alkyl halides is 3. The molecule has 176 valence electrons. The number of hydrogen-bond donors (Lipinski definition) is 1. The number of anilines is 1. The van der Waals surface area contributed by atoms with Gasteiger partial charge in [0.2, 0.25) is 0 Å². The lowest BCUT2D eigenvalue weighted by Crippen LogP contribution is -2.19. The maximum absolute atomic E-state index is 13.7. The van der Waals surface area contributed by atoms with Gasteiger partial charge in [-0.3, -0.25) is 9.20 Å². The molecule has 6 nitrogen and oxygen atoms in total. The van der Waals surface area contributed by atoms with Crippen LogP contribution in [0.4, 0.5) is 23.2 Å². The number of rotatable bonds is 4. The van der Waals surface area contributed by atoms with Gasteiger partial charge in [-0.25, -0.2) is 14.4 Å². The first-order valence-corrected chi connectivity index (χ1v) is 10.4. The van der Waals surface area contributed by atoms with Gasteiger partial charge in [-0.15, -0.1) is 0 Å². The summed E-state index contributed by atoms with van der Waals surface area (Å²) in [6.07, 6.45) is 2.08. The highest BCUT2D eigenvalue weighted by Gasteiger charge is 2.35. The van der Waals surface area contributed by atoms with Crippen molar-refractivity contribution < 1.29 is 22.4 Å². The van der Waals surface area contributed by atoms with Crippen LogP contribution in [-0.4, -0.2) is 24.8 Å². The summed E-state index contributed by atoms with van der Waals surface area (Å²) < 4.78 is 57.9. The average molecular weight is 479 g/mol. The third kappa shape index (κ3) is 4.25. The molecule has 0 aliphatic rings. The number of imidazole rings is 2. The molecule has 0 saturated carbocycles. The molecule has 0 radical (unpaired) electrons. The fraction of sp³-hybridized carbons (Fsp3) is 0.0800. The molecule has 1 N–H and O–H groups in total. The molecule has 0 unspecified atom stereocenters. The van der Waals surface area contributed by atoms with Crippen molar-refractivity contribution in [1.29, 1.82) is 0 Å². The fourth-order valence-corrected chi connectivity index (χ4v) is 3.86. The van der Waals surface area contributed by atoms with Crippen LogP contribution in [0.25, 0.3) is 28.2 Å². The van der Waals surface area contributed by atoms with Crippen molar-refractivity contribution in [2.75, 3.05) is 5.32 Å². The molecule has 10 heteroatoms. The first-order valence-electron chi connectivity index (χ1n) is 10.4. The second-order valence-electron chi connectivity index (χ2n) is 7.90. The first-order chi connectivity index (χ1) is 16.7. The zero-order valence-electron chi connectivity index (χ0n) is 18.2. The van der Waals surface area contributed by atoms with E-state index in [4.69, 9.17) is 0 Å². The third-order valence-corrected chi connectivity index (χ3v) is 5.49. The minimum absolute atomic E-state index is 0.174. The molecule has 0 fully saturated rings. The number of aryl methyl sites for hydroxylation is 1. The van der Waals surface area contributed by atoms with Gasteiger partial charge >= 0.3 is 6.18 Å². The van der Waals surface area contributed by atoms with E-state index in [1.165, 1.54) is 24.3 Å². The van der Waals surface area contributed by atoms with Crippen LogP contribution in [-0.2, 0) is 13.2 Å². The normalized spacial score (nSPS) is 11.7. The van der Waals surface area contributed by atoms with E-state index < -0.39 is 29.0 Å². The average Bonchev–Trinajstić information content (AvgIpc) is 3.45. The molecule has 0 atom stereocenters. The number of aromatic nitrogens is 4. The Kier molecular flexibility index (Phi) is 5.35. The van der Waals surface area contributed by atoms with Crippen molar-refractivity contribution in [1.82, 2.24) is 18.9 Å². The molecule has 5 aromatic rings. The summed E-state index contributed by atoms with van der Waals surface area (Å²) in [5, 5.41) is 2.41. The predicted molar refractivity (Wildman–Crippen MR) is 122 cm³/mol. The second-order valence-corrected chi connectivity index (χ2v) is 7.90. The molecule has 3 aromatic heterocycles. The monoisotopic (exact) mass is 479 g/mol. The molecule has 2 aromatic carbocycles. The minimum Gasteiger partial charge on any atom is -0.340 e. The van der Waals surface area contributed by atoms with Crippen LogP contribution >= 0.6 is 0 Å². The van der Waals surface area contributed by atoms with Crippen molar-refractivity contribution in [3.8, 4) is 22.6 Å². The Morgan fingerprint density at radius 3 is 2.49 bits per heavy atom. The fourth-order valence-electron chi connectivity index (χ4n) is 3.86. The number of hydrogen-bond acceptors (Lipinski definition) is 3. The van der Waals surface area contributed by atoms with Gasteiger partial charge in [-0.2, -0.15) is 13.2 Å². The lowest BCUT2D eigenvalue weighted by atomic mass is 9.98. The van der Waals surface area contributed by atoms with Crippen LogP contribution in [0.5, 0.6) is 0 Å². The topological polar surface area (TPSA) is 64.2 Å². The smallest absolute Gasteiger partial charge is 0.340 e. The molecule has 0 aliphatic heterocycles. The van der Waals surface area contributed by atoms with Crippen molar-refractivity contribution in [3.63, 3.8) is 0 Å². The van der Waals surface area contributed by atoms with E-state index in [0.717, 1.165) is 18.2 Å². The van der Waals surface area contributed by atoms with Gasteiger partial charge in [-0.1, -0.05) is 12.1 Å². The number of amides is 1. The van der Waals surface area contributed by atoms with Crippen LogP contribution in [0.1, 0.15) is 15.9 Å². The highest BCUT2D eigenvalue weighted by molar-refractivity contribution is 6.06. The number of fused-ring (bicyclic) bond motifs is 1. The van der Waals surface area contributed by atoms with Gasteiger partial charge in [0, 0.05) is 30.7 Å². The number of carbonyl (C=O) groups excluding carboxylic acids is 1. The van der Waals surface area contributed by atoms with Crippen molar-refractivity contribution >= 4 is 17.1 Å². The standard InChI is InChI=1S/C25H17F4N5O/c1-33-13-21(31-14-33)23-30-12-22-18(3-2-10-34(22)23)15-4-9-20(25(27,28)29)19(11-15)24(35)32-17-7-5-16(26)6-8-17/h2-14H,1H3,(H,32,35). The zero-order chi connectivity index (χ0) is 24.7. The van der Waals surface area contributed by atoms with E-state index >= 15 is 0 Å². The Morgan fingerprint density at radius 1 is 1.03 bits per heavy atom. The van der Waals surface area contributed by atoms with Crippen LogP contribution in [0.2, 0.25) is 0 Å². The molecule has 0 aliphatic carbocycles. The lowest BCUT2D eigenvalue weighted by molar-refractivity contribution is -0.137. The number of benzene rings is 2. The van der Waals surface area contributed by atoms with Crippen LogP contribution in [0.3, 0.4) is 0 Å². The van der Waals surface area contributed by atoms with Gasteiger partial charge in [0.15, 0.2) is 5.82 Å². The zero-order valence-corrected chi connectivity index (χ0v) is 18.2. The van der Waals surface area contributed by atoms with E-state index in [9.17, 15) is 22.4 Å². The van der Waals surface area contributed by atoms with Crippen LogP contribution in [0, 0.1) is 5.82 Å². The molecular formula is C25H17F4N5O. The minimum atomic E-state index is -4.75. The summed E-state index contributed by atoms with van der Waals surface area (Å²) in [6.45, 7) is 0. The molecule has 3 heterocycles. The highest BCUT2D eigenvalue weighted by atomic mass is 19.4. The Bertz CT molecular complexity index is 1550. The predicted octanol–water partition coefficient (Wildman–Crippen LogP) is 5.81. The first kappa shape index (κ1) is 22.3. The molecule has 35 heavy (non-hydrogen) atoms. The van der Waals surface area contributed by atoms with E-state index in [0.29, 0.717) is 28.2 Å². The van der Waals surface area contributed by atoms with Crippen LogP contribution < -0.4 is 5.32 Å². The van der Waals surface area contributed by atoms with E-state index in [1.807, 2.05) is 7.05 Å². The SMILES string of the molecule is Cn1cnc(-c2ncc3c(-c4ccc(C(F)(F)F)c(C(=O)Nc5ccc(F)cc5)c4)cccn23)c1. The summed E-state index contributed by atoms with van der Waals surface area (Å²) in [5.74, 6) is -0.913. The number of halogens is 4. The highest BCUT2D eigenvalue weighted by Crippen LogP contribution is 2.36. The molecule has 0 spiro atoms. The third-order valence-electron chi connectivity index (χ3n) is 5.49. The number of nitrogens with one attached hydrogen (secondary N) is 1. The summed E-state index contributed by atoms with van der Waals surface area (Å²) in [7, 11) is 1.83. The molecular weight excluding hydrogens is 462 g/mol. The van der Waals surface area contributed by atoms with Gasteiger partial charge in [0.1, 0.15) is 11.5 Å². The molecule has 0 saturated heterocycles. The Morgan fingerprint density at radius 2 is 1.80 bits per heavy atom. The second kappa shape index (κ2) is 8.39. The quantitative estimate of drug-likeness (QED) is 0.331. The molecule has 0 bridgehead atoms. The number of nitrogens with zero attached hydrogens (tertiary/aromatic N) is 4. The Balaban J connectivity index is 1.60.